The van der Waals surface area contributed by atoms with Crippen LogP contribution in [0.3, 0.4) is 0 Å². The van der Waals surface area contributed by atoms with Crippen molar-refractivity contribution in [3.05, 3.63) is 59.4 Å². The van der Waals surface area contributed by atoms with Crippen molar-refractivity contribution < 1.29 is 17.2 Å². The first kappa shape index (κ1) is 21.4. The minimum atomic E-state index is -3.82. The van der Waals surface area contributed by atoms with Crippen LogP contribution in [0.2, 0.25) is 0 Å². The molecule has 156 valence electrons. The van der Waals surface area contributed by atoms with Crippen LogP contribution < -0.4 is 5.14 Å². The van der Waals surface area contributed by atoms with Gasteiger partial charge in [0.1, 0.15) is 17.5 Å². The second-order valence-corrected chi connectivity index (χ2v) is 8.70. The Balaban J connectivity index is 1.91. The molecule has 0 bridgehead atoms. The molecule has 0 unspecified atom stereocenters. The molecule has 0 atom stereocenters. The Morgan fingerprint density at radius 3 is 2.55 bits per heavy atom. The summed E-state index contributed by atoms with van der Waals surface area (Å²) in [6, 6.07) is 8.19. The van der Waals surface area contributed by atoms with Crippen molar-refractivity contribution >= 4 is 21.1 Å². The van der Waals surface area contributed by atoms with Crippen molar-refractivity contribution in [2.24, 2.45) is 5.14 Å². The van der Waals surface area contributed by atoms with Gasteiger partial charge in [-0.25, -0.2) is 27.3 Å². The Morgan fingerprint density at radius 2 is 1.90 bits per heavy atom. The number of halogens is 2. The van der Waals surface area contributed by atoms with Crippen LogP contribution in [0.1, 0.15) is 31.2 Å². The van der Waals surface area contributed by atoms with Crippen molar-refractivity contribution in [2.75, 3.05) is 7.05 Å². The van der Waals surface area contributed by atoms with Gasteiger partial charge in [0.2, 0.25) is 10.0 Å². The summed E-state index contributed by atoms with van der Waals surface area (Å²) in [7, 11) is -2.00. The van der Waals surface area contributed by atoms with Gasteiger partial charge in [0.05, 0.1) is 22.5 Å². The van der Waals surface area contributed by atoms with Crippen LogP contribution in [0, 0.1) is 11.6 Å². The molecule has 3 rings (SSSR count). The largest absolute Gasteiger partial charge is 0.327 e. The normalized spacial score (nSPS) is 12.2. The molecule has 0 aliphatic heterocycles. The average Bonchev–Trinajstić information content (AvgIpc) is 2.97. The Labute approximate surface area is 169 Å². The van der Waals surface area contributed by atoms with Crippen LogP contribution in [0.25, 0.3) is 11.0 Å². The molecule has 0 radical (unpaired) electrons. The van der Waals surface area contributed by atoms with Gasteiger partial charge >= 0.3 is 0 Å². The molecule has 0 saturated carbocycles. The molecule has 0 spiro atoms. The lowest BCUT2D eigenvalue weighted by Gasteiger charge is -2.18. The zero-order valence-electron chi connectivity index (χ0n) is 16.4. The zero-order chi connectivity index (χ0) is 21.2. The van der Waals surface area contributed by atoms with Crippen molar-refractivity contribution in [3.63, 3.8) is 0 Å². The number of fused-ring (bicyclic) bond motifs is 1. The third kappa shape index (κ3) is 4.98. The number of hydrogen-bond donors (Lipinski definition) is 1. The van der Waals surface area contributed by atoms with Crippen molar-refractivity contribution in [2.45, 2.75) is 44.3 Å². The summed E-state index contributed by atoms with van der Waals surface area (Å²) in [5.41, 5.74) is 1.76. The molecular weight excluding hydrogens is 398 g/mol. The van der Waals surface area contributed by atoms with E-state index < -0.39 is 21.7 Å². The Bertz CT molecular complexity index is 1130. The molecule has 9 heteroatoms. The van der Waals surface area contributed by atoms with Crippen molar-refractivity contribution in [1.82, 2.24) is 14.5 Å². The highest BCUT2D eigenvalue weighted by atomic mass is 32.2. The third-order valence-corrected chi connectivity index (χ3v) is 5.64. The number of sulfonamides is 1. The predicted octanol–water partition coefficient (Wildman–Crippen LogP) is 3.39. The monoisotopic (exact) mass is 422 g/mol. The molecule has 0 aliphatic rings. The van der Waals surface area contributed by atoms with E-state index in [9.17, 15) is 17.2 Å². The summed E-state index contributed by atoms with van der Waals surface area (Å²) in [5.74, 6) is -0.458. The minimum absolute atomic E-state index is 0.0124. The number of unbranched alkanes of at least 4 members (excludes halogenated alkanes) is 1. The zero-order valence-corrected chi connectivity index (χ0v) is 17.2. The number of nitrogens with two attached hydrogens (primary N) is 1. The number of hydrogen-bond acceptors (Lipinski definition) is 4. The van der Waals surface area contributed by atoms with E-state index in [2.05, 4.69) is 11.9 Å². The lowest BCUT2D eigenvalue weighted by Crippen LogP contribution is -2.21. The van der Waals surface area contributed by atoms with Crippen LogP contribution in [0.4, 0.5) is 8.78 Å². The SMILES string of the molecule is CCCCn1c(CN(C)Cc2ccc(F)cc2F)nc2cc(S(N)(=O)=O)ccc21. The van der Waals surface area contributed by atoms with Crippen molar-refractivity contribution in [1.29, 1.82) is 0 Å². The molecule has 2 aromatic carbocycles. The van der Waals surface area contributed by atoms with Crippen LogP contribution in [-0.2, 0) is 29.7 Å². The summed E-state index contributed by atoms with van der Waals surface area (Å²) in [4.78, 5) is 6.49. The van der Waals surface area contributed by atoms with Gasteiger partial charge in [0, 0.05) is 24.7 Å². The molecule has 1 heterocycles. The number of rotatable bonds is 8. The third-order valence-electron chi connectivity index (χ3n) is 4.73. The Hall–Kier alpha value is -2.36. The van der Waals surface area contributed by atoms with Crippen LogP contribution in [0.15, 0.2) is 41.3 Å². The summed E-state index contributed by atoms with van der Waals surface area (Å²) in [5, 5.41) is 5.23. The average molecular weight is 423 g/mol. The fourth-order valence-corrected chi connectivity index (χ4v) is 3.79. The first-order valence-electron chi connectivity index (χ1n) is 9.33. The molecule has 0 aliphatic carbocycles. The maximum absolute atomic E-state index is 14.0. The maximum Gasteiger partial charge on any atom is 0.238 e. The topological polar surface area (TPSA) is 81.2 Å². The van der Waals surface area contributed by atoms with Crippen LogP contribution >= 0.6 is 0 Å². The molecule has 2 N–H and O–H groups in total. The highest BCUT2D eigenvalue weighted by molar-refractivity contribution is 7.89. The van der Waals surface area contributed by atoms with Crippen LogP contribution in [-0.4, -0.2) is 29.9 Å². The van der Waals surface area contributed by atoms with Gasteiger partial charge in [0.15, 0.2) is 0 Å². The van der Waals surface area contributed by atoms with Crippen LogP contribution in [0.5, 0.6) is 0 Å². The molecule has 0 amide bonds. The Morgan fingerprint density at radius 1 is 1.14 bits per heavy atom. The predicted molar refractivity (Wildman–Crippen MR) is 108 cm³/mol. The number of aromatic nitrogens is 2. The fraction of sp³-hybridized carbons (Fsp3) is 0.350. The first-order valence-corrected chi connectivity index (χ1v) is 10.9. The number of aryl methyl sites for hydroxylation is 1. The molecule has 29 heavy (non-hydrogen) atoms. The number of imidazole rings is 1. The number of nitrogens with zero attached hydrogens (tertiary/aromatic N) is 3. The highest BCUT2D eigenvalue weighted by Crippen LogP contribution is 2.22. The van der Waals surface area contributed by atoms with E-state index in [4.69, 9.17) is 5.14 Å². The summed E-state index contributed by atoms with van der Waals surface area (Å²) in [6.07, 6.45) is 1.93. The lowest BCUT2D eigenvalue weighted by atomic mass is 10.2. The second-order valence-electron chi connectivity index (χ2n) is 7.14. The summed E-state index contributed by atoms with van der Waals surface area (Å²) >= 11 is 0. The van der Waals surface area contributed by atoms with Gasteiger partial charge in [-0.2, -0.15) is 0 Å². The van der Waals surface area contributed by atoms with E-state index in [1.54, 1.807) is 6.07 Å². The Kier molecular flexibility index (Phi) is 6.30. The molecule has 0 saturated heterocycles. The lowest BCUT2D eigenvalue weighted by molar-refractivity contribution is 0.300. The van der Waals surface area contributed by atoms with E-state index >= 15 is 0 Å². The molecule has 3 aromatic rings. The van der Waals surface area contributed by atoms with Gasteiger partial charge in [-0.15, -0.1) is 0 Å². The van der Waals surface area contributed by atoms with E-state index in [-0.39, 0.29) is 11.4 Å². The number of benzene rings is 2. The minimum Gasteiger partial charge on any atom is -0.327 e. The highest BCUT2D eigenvalue weighted by Gasteiger charge is 2.16. The van der Waals surface area contributed by atoms with Gasteiger partial charge in [0.25, 0.3) is 0 Å². The second kappa shape index (κ2) is 8.56. The van der Waals surface area contributed by atoms with E-state index in [0.717, 1.165) is 36.8 Å². The van der Waals surface area contributed by atoms with E-state index in [0.29, 0.717) is 17.6 Å². The fourth-order valence-electron chi connectivity index (χ4n) is 3.26. The summed E-state index contributed by atoms with van der Waals surface area (Å²) < 4.78 is 52.4. The van der Waals surface area contributed by atoms with Gasteiger partial charge in [-0.3, -0.25) is 4.90 Å². The molecule has 1 aromatic heterocycles. The molecule has 0 fully saturated rings. The number of primary sulfonamides is 1. The first-order chi connectivity index (χ1) is 13.7. The van der Waals surface area contributed by atoms with Gasteiger partial charge < -0.3 is 4.57 Å². The van der Waals surface area contributed by atoms with E-state index in [1.165, 1.54) is 24.3 Å². The quantitative estimate of drug-likeness (QED) is 0.603. The molecule has 6 nitrogen and oxygen atoms in total. The van der Waals surface area contributed by atoms with E-state index in [1.807, 2.05) is 16.5 Å². The van der Waals surface area contributed by atoms with Gasteiger partial charge in [-0.1, -0.05) is 19.4 Å². The molecular formula is C20H24F2N4O2S. The summed E-state index contributed by atoms with van der Waals surface area (Å²) in [6.45, 7) is 3.52. The van der Waals surface area contributed by atoms with Crippen molar-refractivity contribution in [3.8, 4) is 0 Å². The maximum atomic E-state index is 14.0. The van der Waals surface area contributed by atoms with Gasteiger partial charge in [-0.05, 0) is 37.7 Å². The standard InChI is InChI=1S/C20H24F2N4O2S/c1-3-4-9-26-19-8-7-16(29(23,27)28)11-18(19)24-20(26)13-25(2)12-14-5-6-15(21)10-17(14)22/h5-8,10-11H,3-4,9,12-13H2,1-2H3,(H2,23,27,28). The smallest absolute Gasteiger partial charge is 0.238 e.